The highest BCUT2D eigenvalue weighted by Gasteiger charge is 2.26. The molecule has 0 atom stereocenters. The minimum absolute atomic E-state index is 0.135. The Morgan fingerprint density at radius 1 is 1.00 bits per heavy atom. The second-order valence-corrected chi connectivity index (χ2v) is 5.84. The Morgan fingerprint density at radius 2 is 1.68 bits per heavy atom. The molecule has 106 valence electrons. The molecule has 0 aromatic carbocycles. The third kappa shape index (κ3) is 3.08. The third-order valence-corrected chi connectivity index (χ3v) is 4.37. The van der Waals surface area contributed by atoms with Crippen LogP contribution in [-0.2, 0) is 0 Å². The molecule has 2 heterocycles. The molecule has 2 fully saturated rings. The number of hydrogen-bond acceptors (Lipinski definition) is 5. The summed E-state index contributed by atoms with van der Waals surface area (Å²) < 4.78 is 5.45. The molecule has 1 aliphatic heterocycles. The van der Waals surface area contributed by atoms with Crippen molar-refractivity contribution in [2.45, 2.75) is 63.4 Å². The number of rotatable bonds is 2. The average Bonchev–Trinajstić information content (AvgIpc) is 2.76. The fourth-order valence-corrected chi connectivity index (χ4v) is 3.11. The van der Waals surface area contributed by atoms with Gasteiger partial charge in [-0.1, -0.05) is 12.8 Å². The molecular weight excluding hydrogens is 242 g/mol. The van der Waals surface area contributed by atoms with Crippen LogP contribution in [-0.4, -0.2) is 34.4 Å². The maximum atomic E-state index is 9.54. The predicted octanol–water partition coefficient (Wildman–Crippen LogP) is 2.47. The van der Waals surface area contributed by atoms with Crippen molar-refractivity contribution in [3.05, 3.63) is 5.89 Å². The Hall–Kier alpha value is -1.10. The molecule has 1 aromatic rings. The molecule has 2 aliphatic rings. The molecule has 3 rings (SSSR count). The maximum absolute atomic E-state index is 9.54. The van der Waals surface area contributed by atoms with Gasteiger partial charge in [0.1, 0.15) is 0 Å². The van der Waals surface area contributed by atoms with E-state index in [9.17, 15) is 5.11 Å². The van der Waals surface area contributed by atoms with Gasteiger partial charge in [-0.15, -0.1) is 0 Å². The van der Waals surface area contributed by atoms with Crippen molar-refractivity contribution >= 4 is 5.95 Å². The number of aromatic nitrogens is 2. The van der Waals surface area contributed by atoms with Gasteiger partial charge in [0, 0.05) is 19.0 Å². The van der Waals surface area contributed by atoms with Crippen molar-refractivity contribution < 1.29 is 9.63 Å². The molecule has 19 heavy (non-hydrogen) atoms. The van der Waals surface area contributed by atoms with Crippen LogP contribution in [0, 0.1) is 0 Å². The van der Waals surface area contributed by atoms with E-state index in [1.165, 1.54) is 25.7 Å². The van der Waals surface area contributed by atoms with E-state index in [1.54, 1.807) is 0 Å². The molecule has 1 aromatic heterocycles. The number of hydrogen-bond donors (Lipinski definition) is 1. The summed E-state index contributed by atoms with van der Waals surface area (Å²) in [4.78, 5) is 6.84. The van der Waals surface area contributed by atoms with E-state index in [1.807, 2.05) is 0 Å². The average molecular weight is 265 g/mol. The van der Waals surface area contributed by atoms with Crippen LogP contribution < -0.4 is 4.90 Å². The molecular formula is C14H23N3O2. The van der Waals surface area contributed by atoms with E-state index in [4.69, 9.17) is 4.52 Å². The van der Waals surface area contributed by atoms with Crippen molar-refractivity contribution in [2.24, 2.45) is 0 Å². The number of anilines is 1. The lowest BCUT2D eigenvalue weighted by atomic mass is 9.87. The second kappa shape index (κ2) is 5.90. The summed E-state index contributed by atoms with van der Waals surface area (Å²) in [5, 5.41) is 13.7. The number of aliphatic hydroxyl groups excluding tert-OH is 1. The molecule has 0 amide bonds. The predicted molar refractivity (Wildman–Crippen MR) is 72.2 cm³/mol. The van der Waals surface area contributed by atoms with Crippen molar-refractivity contribution in [1.29, 1.82) is 0 Å². The molecule has 1 aliphatic carbocycles. The Balaban J connectivity index is 1.65. The minimum Gasteiger partial charge on any atom is -0.393 e. The highest BCUT2D eigenvalue weighted by molar-refractivity contribution is 5.28. The monoisotopic (exact) mass is 265 g/mol. The first-order chi connectivity index (χ1) is 9.33. The highest BCUT2D eigenvalue weighted by Crippen LogP contribution is 2.32. The summed E-state index contributed by atoms with van der Waals surface area (Å²) in [5.41, 5.74) is 0. The zero-order valence-corrected chi connectivity index (χ0v) is 11.4. The fourth-order valence-electron chi connectivity index (χ4n) is 3.11. The van der Waals surface area contributed by atoms with Gasteiger partial charge >= 0.3 is 0 Å². The Labute approximate surface area is 114 Å². The first-order valence-corrected chi connectivity index (χ1v) is 7.59. The van der Waals surface area contributed by atoms with Crippen LogP contribution >= 0.6 is 0 Å². The zero-order valence-electron chi connectivity index (χ0n) is 11.4. The van der Waals surface area contributed by atoms with Crippen LogP contribution in [0.2, 0.25) is 0 Å². The fraction of sp³-hybridized carbons (Fsp3) is 0.857. The van der Waals surface area contributed by atoms with E-state index in [2.05, 4.69) is 15.0 Å². The van der Waals surface area contributed by atoms with Gasteiger partial charge in [0.2, 0.25) is 5.89 Å². The molecule has 1 N–H and O–H groups in total. The minimum atomic E-state index is -0.135. The van der Waals surface area contributed by atoms with Crippen LogP contribution in [0.5, 0.6) is 0 Å². The molecule has 0 radical (unpaired) electrons. The van der Waals surface area contributed by atoms with Crippen molar-refractivity contribution in [3.63, 3.8) is 0 Å². The van der Waals surface area contributed by atoms with Crippen LogP contribution in [0.15, 0.2) is 4.52 Å². The van der Waals surface area contributed by atoms with Crippen molar-refractivity contribution in [3.8, 4) is 0 Å². The Kier molecular flexibility index (Phi) is 4.01. The van der Waals surface area contributed by atoms with Gasteiger partial charge in [-0.2, -0.15) is 4.98 Å². The topological polar surface area (TPSA) is 62.4 Å². The quantitative estimate of drug-likeness (QED) is 0.890. The summed E-state index contributed by atoms with van der Waals surface area (Å²) >= 11 is 0. The van der Waals surface area contributed by atoms with E-state index >= 15 is 0 Å². The zero-order chi connectivity index (χ0) is 13.1. The summed E-state index contributed by atoms with van der Waals surface area (Å²) in [5.74, 6) is 1.88. The second-order valence-electron chi connectivity index (χ2n) is 5.84. The molecule has 0 spiro atoms. The van der Waals surface area contributed by atoms with E-state index in [0.717, 1.165) is 50.6 Å². The first kappa shape index (κ1) is 12.9. The molecule has 0 bridgehead atoms. The van der Waals surface area contributed by atoms with E-state index in [0.29, 0.717) is 5.92 Å². The van der Waals surface area contributed by atoms with Gasteiger partial charge < -0.3 is 14.5 Å². The number of aliphatic hydroxyl groups is 1. The van der Waals surface area contributed by atoms with Gasteiger partial charge in [0.15, 0.2) is 0 Å². The summed E-state index contributed by atoms with van der Waals surface area (Å²) in [6.45, 7) is 2.09. The summed E-state index contributed by atoms with van der Waals surface area (Å²) in [6, 6.07) is 0. The smallest absolute Gasteiger partial charge is 0.266 e. The lowest BCUT2D eigenvalue weighted by Gasteiger charge is -2.22. The van der Waals surface area contributed by atoms with Crippen LogP contribution in [0.4, 0.5) is 5.95 Å². The molecule has 5 heteroatoms. The van der Waals surface area contributed by atoms with Gasteiger partial charge in [-0.3, -0.25) is 0 Å². The molecule has 5 nitrogen and oxygen atoms in total. The van der Waals surface area contributed by atoms with Gasteiger partial charge in [-0.05, 0) is 43.7 Å². The lowest BCUT2D eigenvalue weighted by Crippen LogP contribution is -2.25. The number of nitrogens with zero attached hydrogens (tertiary/aromatic N) is 3. The van der Waals surface area contributed by atoms with Gasteiger partial charge in [-0.25, -0.2) is 0 Å². The van der Waals surface area contributed by atoms with Crippen molar-refractivity contribution in [1.82, 2.24) is 10.1 Å². The van der Waals surface area contributed by atoms with E-state index < -0.39 is 0 Å². The summed E-state index contributed by atoms with van der Waals surface area (Å²) in [7, 11) is 0. The SMILES string of the molecule is OC1CCC(c2nc(N3CCCCCC3)no2)CC1. The van der Waals surface area contributed by atoms with Crippen molar-refractivity contribution in [2.75, 3.05) is 18.0 Å². The van der Waals surface area contributed by atoms with Gasteiger partial charge in [0.05, 0.1) is 6.10 Å². The standard InChI is InChI=1S/C14H23N3O2/c18-12-7-5-11(6-8-12)13-15-14(16-19-13)17-9-3-1-2-4-10-17/h11-12,18H,1-10H2. The third-order valence-electron chi connectivity index (χ3n) is 4.37. The Bertz CT molecular complexity index is 391. The molecule has 1 saturated heterocycles. The largest absolute Gasteiger partial charge is 0.393 e. The van der Waals surface area contributed by atoms with Gasteiger partial charge in [0.25, 0.3) is 5.95 Å². The maximum Gasteiger partial charge on any atom is 0.266 e. The normalized spacial score (nSPS) is 29.2. The molecule has 0 unspecified atom stereocenters. The molecule has 1 saturated carbocycles. The Morgan fingerprint density at radius 3 is 2.37 bits per heavy atom. The first-order valence-electron chi connectivity index (χ1n) is 7.59. The highest BCUT2D eigenvalue weighted by atomic mass is 16.5. The van der Waals surface area contributed by atoms with Crippen LogP contribution in [0.25, 0.3) is 0 Å². The van der Waals surface area contributed by atoms with Crippen LogP contribution in [0.3, 0.4) is 0 Å². The van der Waals surface area contributed by atoms with Crippen LogP contribution in [0.1, 0.15) is 63.2 Å². The lowest BCUT2D eigenvalue weighted by molar-refractivity contribution is 0.116. The van der Waals surface area contributed by atoms with E-state index in [-0.39, 0.29) is 6.10 Å². The summed E-state index contributed by atoms with van der Waals surface area (Å²) in [6.07, 6.45) is 8.55.